The lowest BCUT2D eigenvalue weighted by Crippen LogP contribution is -2.32. The van der Waals surface area contributed by atoms with Crippen LogP contribution in [0.15, 0.2) is 18.2 Å². The van der Waals surface area contributed by atoms with E-state index in [1.165, 1.54) is 18.9 Å². The first-order valence-corrected chi connectivity index (χ1v) is 8.04. The second-order valence-electron chi connectivity index (χ2n) is 6.25. The summed E-state index contributed by atoms with van der Waals surface area (Å²) < 4.78 is 13.9. The molecule has 1 saturated heterocycles. The van der Waals surface area contributed by atoms with E-state index in [9.17, 15) is 9.18 Å². The van der Waals surface area contributed by atoms with Crippen molar-refractivity contribution in [1.82, 2.24) is 10.6 Å². The van der Waals surface area contributed by atoms with Crippen molar-refractivity contribution in [3.05, 3.63) is 35.1 Å². The number of nitrogens with one attached hydrogen (secondary N) is 2. The van der Waals surface area contributed by atoms with Crippen LogP contribution in [-0.2, 0) is 0 Å². The zero-order valence-corrected chi connectivity index (χ0v) is 12.3. The van der Waals surface area contributed by atoms with Gasteiger partial charge in [-0.2, -0.15) is 0 Å². The third-order valence-corrected chi connectivity index (χ3v) is 4.68. The predicted octanol–water partition coefficient (Wildman–Crippen LogP) is 2.97. The van der Waals surface area contributed by atoms with Gasteiger partial charge < -0.3 is 10.6 Å². The van der Waals surface area contributed by atoms with Crippen LogP contribution in [0.5, 0.6) is 0 Å². The summed E-state index contributed by atoms with van der Waals surface area (Å²) in [6.45, 7) is 1.93. The first kappa shape index (κ1) is 14.5. The summed E-state index contributed by atoms with van der Waals surface area (Å²) in [6, 6.07) is 5.09. The molecule has 0 radical (unpaired) electrons. The van der Waals surface area contributed by atoms with E-state index in [0.29, 0.717) is 11.5 Å². The topological polar surface area (TPSA) is 41.1 Å². The lowest BCUT2D eigenvalue weighted by atomic mass is 9.89. The first-order valence-electron chi connectivity index (χ1n) is 8.04. The van der Waals surface area contributed by atoms with E-state index < -0.39 is 0 Å². The SMILES string of the molecule is O=C(NC1CCCC1)c1cc(F)cc(C2CCNCC2)c1. The molecule has 21 heavy (non-hydrogen) atoms. The minimum absolute atomic E-state index is 0.128. The van der Waals surface area contributed by atoms with E-state index in [2.05, 4.69) is 10.6 Å². The van der Waals surface area contributed by atoms with E-state index in [4.69, 9.17) is 0 Å². The Morgan fingerprint density at radius 2 is 1.81 bits per heavy atom. The molecule has 2 fully saturated rings. The van der Waals surface area contributed by atoms with Gasteiger partial charge in [-0.25, -0.2) is 4.39 Å². The van der Waals surface area contributed by atoms with Gasteiger partial charge in [-0.1, -0.05) is 12.8 Å². The zero-order chi connectivity index (χ0) is 14.7. The number of halogens is 1. The van der Waals surface area contributed by atoms with Crippen LogP contribution in [0.25, 0.3) is 0 Å². The predicted molar refractivity (Wildman–Crippen MR) is 81.0 cm³/mol. The molecule has 1 saturated carbocycles. The lowest BCUT2D eigenvalue weighted by Gasteiger charge is -2.23. The van der Waals surface area contributed by atoms with E-state index in [0.717, 1.165) is 44.3 Å². The molecule has 2 N–H and O–H groups in total. The summed E-state index contributed by atoms with van der Waals surface area (Å²) in [4.78, 5) is 12.3. The standard InChI is InChI=1S/C17H23FN2O/c18-15-10-13(12-5-7-19-8-6-12)9-14(11-15)17(21)20-16-3-1-2-4-16/h9-12,16,19H,1-8H2,(H,20,21). The highest BCUT2D eigenvalue weighted by Crippen LogP contribution is 2.27. The minimum Gasteiger partial charge on any atom is -0.349 e. The maximum absolute atomic E-state index is 13.9. The average Bonchev–Trinajstić information content (AvgIpc) is 3.00. The molecule has 1 aliphatic heterocycles. The van der Waals surface area contributed by atoms with Gasteiger partial charge in [0, 0.05) is 11.6 Å². The molecule has 0 aromatic heterocycles. The Balaban J connectivity index is 1.74. The quantitative estimate of drug-likeness (QED) is 0.898. The van der Waals surface area contributed by atoms with Crippen molar-refractivity contribution in [2.45, 2.75) is 50.5 Å². The molecule has 1 aromatic carbocycles. The smallest absolute Gasteiger partial charge is 0.251 e. The van der Waals surface area contributed by atoms with Gasteiger partial charge in [0.2, 0.25) is 0 Å². The summed E-state index contributed by atoms with van der Waals surface area (Å²) >= 11 is 0. The van der Waals surface area contributed by atoms with Crippen LogP contribution in [-0.4, -0.2) is 25.0 Å². The second-order valence-corrected chi connectivity index (χ2v) is 6.25. The second kappa shape index (κ2) is 6.56. The summed E-state index contributed by atoms with van der Waals surface area (Å²) in [7, 11) is 0. The third-order valence-electron chi connectivity index (χ3n) is 4.68. The van der Waals surface area contributed by atoms with Gasteiger partial charge in [-0.05, 0) is 68.5 Å². The number of amides is 1. The van der Waals surface area contributed by atoms with Gasteiger partial charge >= 0.3 is 0 Å². The maximum atomic E-state index is 13.9. The number of hydrogen-bond donors (Lipinski definition) is 2. The molecule has 0 spiro atoms. The van der Waals surface area contributed by atoms with Crippen LogP contribution in [0.2, 0.25) is 0 Å². The monoisotopic (exact) mass is 290 g/mol. The van der Waals surface area contributed by atoms with Crippen molar-refractivity contribution < 1.29 is 9.18 Å². The van der Waals surface area contributed by atoms with Crippen molar-refractivity contribution >= 4 is 5.91 Å². The van der Waals surface area contributed by atoms with Gasteiger partial charge in [0.15, 0.2) is 0 Å². The lowest BCUT2D eigenvalue weighted by molar-refractivity contribution is 0.0937. The highest BCUT2D eigenvalue weighted by molar-refractivity contribution is 5.94. The van der Waals surface area contributed by atoms with Gasteiger partial charge in [0.25, 0.3) is 5.91 Å². The summed E-state index contributed by atoms with van der Waals surface area (Å²) in [5.74, 6) is -0.0702. The van der Waals surface area contributed by atoms with Gasteiger partial charge in [-0.3, -0.25) is 4.79 Å². The van der Waals surface area contributed by atoms with Crippen LogP contribution in [0, 0.1) is 5.82 Å². The van der Waals surface area contributed by atoms with Gasteiger partial charge in [0.1, 0.15) is 5.82 Å². The molecule has 1 heterocycles. The summed E-state index contributed by atoms with van der Waals surface area (Å²) in [5, 5.41) is 6.35. The van der Waals surface area contributed by atoms with E-state index in [-0.39, 0.29) is 17.8 Å². The Hall–Kier alpha value is -1.42. The number of benzene rings is 1. The van der Waals surface area contributed by atoms with E-state index >= 15 is 0 Å². The fourth-order valence-corrected chi connectivity index (χ4v) is 3.47. The van der Waals surface area contributed by atoms with Gasteiger partial charge in [0.05, 0.1) is 0 Å². The van der Waals surface area contributed by atoms with Crippen LogP contribution < -0.4 is 10.6 Å². The molecule has 3 rings (SSSR count). The molecular formula is C17H23FN2O. The molecule has 1 aromatic rings. The fourth-order valence-electron chi connectivity index (χ4n) is 3.47. The van der Waals surface area contributed by atoms with Crippen LogP contribution in [0.1, 0.15) is 60.4 Å². The van der Waals surface area contributed by atoms with Crippen molar-refractivity contribution in [3.63, 3.8) is 0 Å². The normalized spacial score (nSPS) is 20.6. The molecular weight excluding hydrogens is 267 g/mol. The molecule has 2 aliphatic rings. The molecule has 0 atom stereocenters. The van der Waals surface area contributed by atoms with Crippen LogP contribution in [0.4, 0.5) is 4.39 Å². The van der Waals surface area contributed by atoms with Crippen molar-refractivity contribution in [2.24, 2.45) is 0 Å². The molecule has 114 valence electrons. The third kappa shape index (κ3) is 3.62. The maximum Gasteiger partial charge on any atom is 0.251 e. The molecule has 3 nitrogen and oxygen atoms in total. The number of piperidine rings is 1. The highest BCUT2D eigenvalue weighted by Gasteiger charge is 2.21. The number of rotatable bonds is 3. The van der Waals surface area contributed by atoms with Crippen molar-refractivity contribution in [1.29, 1.82) is 0 Å². The van der Waals surface area contributed by atoms with Crippen LogP contribution in [0.3, 0.4) is 0 Å². The average molecular weight is 290 g/mol. The van der Waals surface area contributed by atoms with Gasteiger partial charge in [-0.15, -0.1) is 0 Å². The molecule has 0 unspecified atom stereocenters. The first-order chi connectivity index (χ1) is 10.2. The zero-order valence-electron chi connectivity index (χ0n) is 12.3. The Morgan fingerprint density at radius 1 is 1.10 bits per heavy atom. The summed E-state index contributed by atoms with van der Waals surface area (Å²) in [5.41, 5.74) is 1.43. The largest absolute Gasteiger partial charge is 0.349 e. The fraction of sp³-hybridized carbons (Fsp3) is 0.588. The van der Waals surface area contributed by atoms with Crippen molar-refractivity contribution in [3.8, 4) is 0 Å². The molecule has 1 aliphatic carbocycles. The number of carbonyl (C=O) groups excluding carboxylic acids is 1. The van der Waals surface area contributed by atoms with Crippen molar-refractivity contribution in [2.75, 3.05) is 13.1 Å². The Bertz CT molecular complexity index is 506. The van der Waals surface area contributed by atoms with E-state index in [1.807, 2.05) is 6.07 Å². The summed E-state index contributed by atoms with van der Waals surface area (Å²) in [6.07, 6.45) is 6.45. The Labute approximate surface area is 125 Å². The minimum atomic E-state index is -0.303. The Kier molecular flexibility index (Phi) is 4.54. The Morgan fingerprint density at radius 3 is 2.52 bits per heavy atom. The number of carbonyl (C=O) groups is 1. The number of hydrogen-bond acceptors (Lipinski definition) is 2. The highest BCUT2D eigenvalue weighted by atomic mass is 19.1. The van der Waals surface area contributed by atoms with E-state index in [1.54, 1.807) is 6.07 Å². The van der Waals surface area contributed by atoms with Crippen LogP contribution >= 0.6 is 0 Å². The molecule has 1 amide bonds. The molecule has 4 heteroatoms. The molecule has 0 bridgehead atoms.